The van der Waals surface area contributed by atoms with Crippen molar-refractivity contribution in [2.24, 2.45) is 0 Å². The Morgan fingerprint density at radius 3 is 2.53 bits per heavy atom. The Balaban J connectivity index is 1.51. The number of β-lactam (4-membered cyclic amide) rings is 1. The summed E-state index contributed by atoms with van der Waals surface area (Å²) >= 11 is 1.21. The zero-order chi connectivity index (χ0) is 30.7. The first kappa shape index (κ1) is 19.6. The van der Waals surface area contributed by atoms with Gasteiger partial charge in [-0.25, -0.2) is 9.59 Å². The number of hydrogen-bond donors (Lipinski definition) is 3. The van der Waals surface area contributed by atoms with Gasteiger partial charge in [0.25, 0.3) is 0 Å². The highest BCUT2D eigenvalue weighted by atomic mass is 32.2. The van der Waals surface area contributed by atoms with Crippen molar-refractivity contribution in [2.75, 3.05) is 19.6 Å². The maximum atomic E-state index is 13.4. The Morgan fingerprint density at radius 2 is 1.89 bits per heavy atom. The maximum Gasteiger partial charge on any atom is 0.327 e. The van der Waals surface area contributed by atoms with Crippen LogP contribution in [0.25, 0.3) is 0 Å². The summed E-state index contributed by atoms with van der Waals surface area (Å²) < 4.78 is 36.8. The molecular formula is C23H27N5O7S. The minimum atomic E-state index is -3.25. The molecule has 0 bridgehead atoms. The number of thioether (sulfide) groups is 1. The Bertz CT molecular complexity index is 1310. The van der Waals surface area contributed by atoms with Gasteiger partial charge in [-0.2, -0.15) is 0 Å². The number of nitrogens with one attached hydrogen (secondary N) is 2. The predicted molar refractivity (Wildman–Crippen MR) is 127 cm³/mol. The quantitative estimate of drug-likeness (QED) is 0.341. The minimum absolute atomic E-state index is 0.243. The highest BCUT2D eigenvalue weighted by molar-refractivity contribution is 8.01. The van der Waals surface area contributed by atoms with Crippen LogP contribution in [0.3, 0.4) is 0 Å². The van der Waals surface area contributed by atoms with Gasteiger partial charge in [0.2, 0.25) is 11.8 Å². The second-order valence-electron chi connectivity index (χ2n) is 8.90. The fourth-order valence-corrected chi connectivity index (χ4v) is 6.09. The number of carbonyl (C=O) groups is 6. The average molecular weight is 523 g/mol. The van der Waals surface area contributed by atoms with E-state index in [0.717, 1.165) is 0 Å². The van der Waals surface area contributed by atoms with Crippen LogP contribution in [-0.4, -0.2) is 97.2 Å². The molecular weight excluding hydrogens is 490 g/mol. The molecule has 3 fully saturated rings. The van der Waals surface area contributed by atoms with Crippen LogP contribution in [0.15, 0.2) is 30.3 Å². The van der Waals surface area contributed by atoms with Crippen molar-refractivity contribution in [1.82, 2.24) is 25.3 Å². The first-order valence-corrected chi connectivity index (χ1v) is 11.8. The van der Waals surface area contributed by atoms with Gasteiger partial charge >= 0.3 is 23.8 Å². The number of rotatable bonds is 6. The first-order chi connectivity index (χ1) is 18.9. The predicted octanol–water partition coefficient (Wildman–Crippen LogP) is -0.240. The van der Waals surface area contributed by atoms with Crippen LogP contribution in [0.5, 0.6) is 0 Å². The Morgan fingerprint density at radius 1 is 1.19 bits per heavy atom. The van der Waals surface area contributed by atoms with E-state index in [1.807, 2.05) is 0 Å². The van der Waals surface area contributed by atoms with Gasteiger partial charge in [0.05, 0.1) is 0 Å². The first-order valence-electron chi connectivity index (χ1n) is 13.4. The molecule has 3 aliphatic rings. The molecule has 4 rings (SSSR count). The number of piperazine rings is 1. The number of aliphatic carboxylic acids is 1. The summed E-state index contributed by atoms with van der Waals surface area (Å²) in [5.41, 5.74) is 0.265. The largest absolute Gasteiger partial charge is 0.480 e. The lowest BCUT2D eigenvalue weighted by molar-refractivity contribution is -0.161. The van der Waals surface area contributed by atoms with Gasteiger partial charge in [-0.05, 0) is 26.3 Å². The highest BCUT2D eigenvalue weighted by Gasteiger charge is 2.64. The Hall–Kier alpha value is -3.61. The summed E-state index contributed by atoms with van der Waals surface area (Å²) in [4.78, 5) is 78.3. The van der Waals surface area contributed by atoms with Crippen molar-refractivity contribution in [3.63, 3.8) is 0 Å². The molecule has 3 aliphatic heterocycles. The number of hydrogen-bond acceptors (Lipinski definition) is 7. The van der Waals surface area contributed by atoms with Crippen LogP contribution in [0.1, 0.15) is 39.2 Å². The van der Waals surface area contributed by atoms with E-state index in [0.29, 0.717) is 4.90 Å². The molecule has 0 aliphatic carbocycles. The van der Waals surface area contributed by atoms with E-state index in [9.17, 15) is 33.9 Å². The van der Waals surface area contributed by atoms with Crippen molar-refractivity contribution in [1.29, 1.82) is 0 Å². The smallest absolute Gasteiger partial charge is 0.327 e. The summed E-state index contributed by atoms with van der Waals surface area (Å²) in [6, 6.07) is 3.02. The molecule has 0 spiro atoms. The number of imide groups is 1. The molecule has 192 valence electrons. The number of carbonyl (C=O) groups excluding carboxylic acids is 5. The third kappa shape index (κ3) is 4.27. The van der Waals surface area contributed by atoms with Gasteiger partial charge in [-0.1, -0.05) is 30.3 Å². The summed E-state index contributed by atoms with van der Waals surface area (Å²) in [5, 5.41) is 13.9. The molecule has 3 N–H and O–H groups in total. The molecule has 0 unspecified atom stereocenters. The number of nitrogens with zero attached hydrogens (tertiary/aromatic N) is 3. The molecule has 0 saturated carbocycles. The lowest BCUT2D eigenvalue weighted by Gasteiger charge is -2.44. The van der Waals surface area contributed by atoms with Gasteiger partial charge in [0, 0.05) is 31.2 Å². The second kappa shape index (κ2) is 9.45. The molecule has 0 aromatic heterocycles. The third-order valence-corrected chi connectivity index (χ3v) is 7.81. The van der Waals surface area contributed by atoms with E-state index in [1.54, 1.807) is 32.0 Å². The van der Waals surface area contributed by atoms with Crippen LogP contribution in [0.2, 0.25) is 0 Å². The van der Waals surface area contributed by atoms with Crippen molar-refractivity contribution in [3.05, 3.63) is 35.9 Å². The summed E-state index contributed by atoms with van der Waals surface area (Å²) in [5.74, 6) is -5.64. The molecule has 36 heavy (non-hydrogen) atoms. The van der Waals surface area contributed by atoms with E-state index in [-0.39, 0.29) is 10.5 Å². The van der Waals surface area contributed by atoms with Crippen molar-refractivity contribution >= 4 is 47.4 Å². The van der Waals surface area contributed by atoms with Gasteiger partial charge < -0.3 is 25.5 Å². The maximum absolute atomic E-state index is 13.4. The van der Waals surface area contributed by atoms with Crippen LogP contribution in [0, 0.1) is 0 Å². The zero-order valence-corrected chi connectivity index (χ0v) is 20.1. The van der Waals surface area contributed by atoms with Crippen LogP contribution >= 0.6 is 11.8 Å². The lowest BCUT2D eigenvalue weighted by Crippen LogP contribution is -2.71. The van der Waals surface area contributed by atoms with Crippen LogP contribution < -0.4 is 10.6 Å². The zero-order valence-electron chi connectivity index (χ0n) is 24.3. The number of carboxylic acids is 1. The van der Waals surface area contributed by atoms with Crippen molar-refractivity contribution in [3.8, 4) is 0 Å². The lowest BCUT2D eigenvalue weighted by atomic mass is 9.95. The molecule has 1 aromatic rings. The monoisotopic (exact) mass is 522 g/mol. The van der Waals surface area contributed by atoms with Crippen molar-refractivity contribution in [2.45, 2.75) is 48.9 Å². The number of benzene rings is 1. The summed E-state index contributed by atoms with van der Waals surface area (Å²) in [6.07, 6.45) is 0. The van der Waals surface area contributed by atoms with Gasteiger partial charge in [-0.15, -0.1) is 11.8 Å². The van der Waals surface area contributed by atoms with Crippen LogP contribution in [-0.2, 0) is 24.0 Å². The topological polar surface area (TPSA) is 156 Å². The number of amides is 6. The van der Waals surface area contributed by atoms with E-state index >= 15 is 0 Å². The van der Waals surface area contributed by atoms with Gasteiger partial charge in [0.15, 0.2) is 0 Å². The SMILES string of the molecule is [2H]C([2H])([2H])C([2H])([2H])N1CCN(C(=O)N[C@@H](C(=O)N[C@@H]2C(=O)N3[C@@H]2SC(C)(C)[C@@H]3C(=O)O)c2ccccc2)C(=O)C1=O. The standard InChI is InChI=1S/C23H27N5O7S/c1-4-26-10-11-27(19(32)18(26)31)22(35)25-13(12-8-6-5-7-9-12)16(29)24-14-17(30)28-15(21(33)34)23(2,3)36-20(14)28/h5-9,13-15,20H,4,10-11H2,1-3H3,(H,24,29)(H,25,35)(H,33,34)/t13-,14-,15+,20-/m1/s1/i1D3,4D2. The number of carboxylic acid groups (broad SMARTS) is 1. The van der Waals surface area contributed by atoms with Gasteiger partial charge in [-0.3, -0.25) is 24.1 Å². The molecule has 12 nitrogen and oxygen atoms in total. The minimum Gasteiger partial charge on any atom is -0.480 e. The Kier molecular flexibility index (Phi) is 5.13. The van der Waals surface area contributed by atoms with E-state index in [4.69, 9.17) is 6.85 Å². The molecule has 4 atom stereocenters. The Labute approximate surface area is 218 Å². The summed E-state index contributed by atoms with van der Waals surface area (Å²) in [7, 11) is 0. The highest BCUT2D eigenvalue weighted by Crippen LogP contribution is 2.50. The second-order valence-corrected chi connectivity index (χ2v) is 10.7. The number of fused-ring (bicyclic) bond motifs is 1. The molecule has 13 heteroatoms. The van der Waals surface area contributed by atoms with E-state index in [2.05, 4.69) is 10.6 Å². The molecule has 3 heterocycles. The normalized spacial score (nSPS) is 28.5. The fraction of sp³-hybridized carbons (Fsp3) is 0.478. The molecule has 3 saturated heterocycles. The third-order valence-electron chi connectivity index (χ3n) is 6.24. The van der Waals surface area contributed by atoms with Crippen LogP contribution in [0.4, 0.5) is 4.79 Å². The summed E-state index contributed by atoms with van der Waals surface area (Å²) in [6.45, 7) is -4.21. The molecule has 0 radical (unpaired) electrons. The molecule has 6 amide bonds. The molecule has 1 aromatic carbocycles. The number of likely N-dealkylation sites (N-methyl/N-ethyl adjacent to an activating group) is 1. The average Bonchev–Trinajstić information content (AvgIpc) is 3.14. The van der Waals surface area contributed by atoms with Crippen molar-refractivity contribution < 1.29 is 40.7 Å². The number of urea groups is 1. The van der Waals surface area contributed by atoms with Gasteiger partial charge in [0.1, 0.15) is 23.5 Å². The fourth-order valence-electron chi connectivity index (χ4n) is 4.46. The van der Waals surface area contributed by atoms with E-state index in [1.165, 1.54) is 28.8 Å². The van der Waals surface area contributed by atoms with E-state index < -0.39 is 90.3 Å².